The molecule has 1 aliphatic carbocycles. The molecule has 0 bridgehead atoms. The molecule has 0 aromatic carbocycles. The Kier molecular flexibility index (Phi) is 4.78. The van der Waals surface area contributed by atoms with Crippen LogP contribution < -0.4 is 11.1 Å². The van der Waals surface area contributed by atoms with Gasteiger partial charge in [-0.1, -0.05) is 5.92 Å². The second-order valence-corrected chi connectivity index (χ2v) is 6.13. The van der Waals surface area contributed by atoms with Gasteiger partial charge in [0.2, 0.25) is 17.7 Å². The van der Waals surface area contributed by atoms with Crippen molar-refractivity contribution in [3.05, 3.63) is 0 Å². The Morgan fingerprint density at radius 3 is 2.46 bits per heavy atom. The molecule has 2 rings (SSSR count). The van der Waals surface area contributed by atoms with E-state index in [1.54, 1.807) is 0 Å². The minimum atomic E-state index is -4.62. The first kappa shape index (κ1) is 18.1. The van der Waals surface area contributed by atoms with E-state index in [0.29, 0.717) is 6.42 Å². The van der Waals surface area contributed by atoms with Gasteiger partial charge in [-0.05, 0) is 25.7 Å². The molecule has 0 aromatic rings. The second kappa shape index (κ2) is 6.34. The van der Waals surface area contributed by atoms with Crippen LogP contribution in [0.3, 0.4) is 0 Å². The van der Waals surface area contributed by atoms with Crippen LogP contribution in [0.1, 0.15) is 32.1 Å². The van der Waals surface area contributed by atoms with Crippen molar-refractivity contribution >= 4 is 17.7 Å². The van der Waals surface area contributed by atoms with Crippen LogP contribution in [-0.2, 0) is 14.4 Å². The average molecular weight is 345 g/mol. The topological polar surface area (TPSA) is 92.5 Å². The van der Waals surface area contributed by atoms with Gasteiger partial charge in [0.25, 0.3) is 0 Å². The van der Waals surface area contributed by atoms with Crippen LogP contribution in [0.4, 0.5) is 13.2 Å². The zero-order valence-electron chi connectivity index (χ0n) is 12.9. The molecule has 132 valence electrons. The Bertz CT molecular complexity index is 593. The summed E-state index contributed by atoms with van der Waals surface area (Å²) >= 11 is 0. The maximum absolute atomic E-state index is 13.1. The van der Waals surface area contributed by atoms with E-state index >= 15 is 0 Å². The second-order valence-electron chi connectivity index (χ2n) is 6.13. The summed E-state index contributed by atoms with van der Waals surface area (Å²) in [7, 11) is 0. The Hall–Kier alpha value is -2.24. The molecule has 1 saturated heterocycles. The lowest BCUT2D eigenvalue weighted by molar-refractivity contribution is -0.199. The van der Waals surface area contributed by atoms with Crippen molar-refractivity contribution in [3.8, 4) is 12.3 Å². The number of halogens is 3. The van der Waals surface area contributed by atoms with E-state index in [4.69, 9.17) is 12.2 Å². The molecule has 24 heavy (non-hydrogen) atoms. The molecule has 3 amide bonds. The Balaban J connectivity index is 2.08. The number of hydrogen-bond acceptors (Lipinski definition) is 3. The summed E-state index contributed by atoms with van der Waals surface area (Å²) < 4.78 is 39.3. The van der Waals surface area contributed by atoms with Gasteiger partial charge >= 0.3 is 6.18 Å². The molecule has 0 radical (unpaired) electrons. The first-order valence-corrected chi connectivity index (χ1v) is 7.55. The van der Waals surface area contributed by atoms with Crippen molar-refractivity contribution in [2.75, 3.05) is 6.54 Å². The highest BCUT2D eigenvalue weighted by Gasteiger charge is 2.70. The van der Waals surface area contributed by atoms with Crippen molar-refractivity contribution in [1.29, 1.82) is 0 Å². The third-order valence-corrected chi connectivity index (χ3v) is 4.44. The number of terminal acetylenes is 1. The number of carbonyl (C=O) groups excluding carboxylic acids is 3. The summed E-state index contributed by atoms with van der Waals surface area (Å²) in [4.78, 5) is 36.5. The van der Waals surface area contributed by atoms with Crippen LogP contribution in [0, 0.1) is 17.8 Å². The van der Waals surface area contributed by atoms with Crippen molar-refractivity contribution in [2.24, 2.45) is 11.1 Å². The van der Waals surface area contributed by atoms with Gasteiger partial charge in [0.1, 0.15) is 11.5 Å². The van der Waals surface area contributed by atoms with Crippen LogP contribution in [0.5, 0.6) is 0 Å². The summed E-state index contributed by atoms with van der Waals surface area (Å²) in [6, 6.07) is -1.97. The van der Waals surface area contributed by atoms with Crippen molar-refractivity contribution in [2.45, 2.75) is 50.4 Å². The lowest BCUT2D eigenvalue weighted by atomic mass is 10.0. The fourth-order valence-electron chi connectivity index (χ4n) is 2.92. The van der Waals surface area contributed by atoms with E-state index in [-0.39, 0.29) is 32.2 Å². The Labute approximate surface area is 136 Å². The van der Waals surface area contributed by atoms with Gasteiger partial charge in [0.15, 0.2) is 0 Å². The zero-order valence-corrected chi connectivity index (χ0v) is 12.9. The smallest absolute Gasteiger partial charge is 0.370 e. The fraction of sp³-hybridized carbons (Fsp3) is 0.667. The van der Waals surface area contributed by atoms with Gasteiger partial charge in [-0.25, -0.2) is 0 Å². The summed E-state index contributed by atoms with van der Waals surface area (Å²) in [6.45, 7) is 0.0886. The van der Waals surface area contributed by atoms with Crippen molar-refractivity contribution in [1.82, 2.24) is 10.2 Å². The van der Waals surface area contributed by atoms with E-state index in [1.165, 1.54) is 0 Å². The maximum atomic E-state index is 13.1. The number of nitrogens with one attached hydrogen (secondary N) is 1. The normalized spacial score (nSPS) is 23.2. The quantitative estimate of drug-likeness (QED) is 0.703. The lowest BCUT2D eigenvalue weighted by Gasteiger charge is -2.29. The molecule has 1 aliphatic heterocycles. The average Bonchev–Trinajstić information content (AvgIpc) is 3.16. The number of hydrogen-bond donors (Lipinski definition) is 2. The number of amides is 3. The highest BCUT2D eigenvalue weighted by atomic mass is 19.4. The van der Waals surface area contributed by atoms with Crippen LogP contribution in [-0.4, -0.2) is 47.4 Å². The van der Waals surface area contributed by atoms with Crippen LogP contribution in [0.2, 0.25) is 0 Å². The Morgan fingerprint density at radius 1 is 1.38 bits per heavy atom. The first-order chi connectivity index (χ1) is 11.1. The first-order valence-electron chi connectivity index (χ1n) is 7.55. The minimum Gasteiger partial charge on any atom is -0.370 e. The number of nitrogens with zero attached hydrogens (tertiary/aromatic N) is 1. The molecule has 6 nitrogen and oxygen atoms in total. The maximum Gasteiger partial charge on any atom is 0.403 e. The summed E-state index contributed by atoms with van der Waals surface area (Å²) in [5, 5.41) is 2.38. The van der Waals surface area contributed by atoms with Gasteiger partial charge in [-0.3, -0.25) is 14.4 Å². The number of nitrogens with two attached hydrogens (primary N) is 1. The SMILES string of the molecule is C#C[C@H](CC(N)=O)NC(=O)[C@@H]1CCCN1C(=O)C1(C(F)(F)F)CC1. The highest BCUT2D eigenvalue weighted by Crippen LogP contribution is 2.59. The van der Waals surface area contributed by atoms with Gasteiger partial charge in [-0.2, -0.15) is 13.2 Å². The fourth-order valence-corrected chi connectivity index (χ4v) is 2.92. The summed E-state index contributed by atoms with van der Waals surface area (Å²) in [5.74, 6) is -0.253. The predicted molar refractivity (Wildman–Crippen MR) is 77.0 cm³/mol. The lowest BCUT2D eigenvalue weighted by Crippen LogP contribution is -2.52. The number of carbonyl (C=O) groups is 3. The van der Waals surface area contributed by atoms with Gasteiger partial charge in [-0.15, -0.1) is 6.42 Å². The molecule has 1 saturated carbocycles. The number of alkyl halides is 3. The van der Waals surface area contributed by atoms with E-state index in [0.717, 1.165) is 4.90 Å². The molecule has 9 heteroatoms. The molecule has 2 fully saturated rings. The van der Waals surface area contributed by atoms with Gasteiger partial charge < -0.3 is 16.0 Å². The molecule has 2 atom stereocenters. The van der Waals surface area contributed by atoms with Gasteiger partial charge in [0, 0.05) is 6.54 Å². The molecule has 2 aliphatic rings. The van der Waals surface area contributed by atoms with Crippen LogP contribution in [0.25, 0.3) is 0 Å². The van der Waals surface area contributed by atoms with E-state index in [2.05, 4.69) is 11.2 Å². The molecule has 0 spiro atoms. The van der Waals surface area contributed by atoms with Crippen LogP contribution >= 0.6 is 0 Å². The summed E-state index contributed by atoms with van der Waals surface area (Å²) in [6.07, 6.45) is 0.455. The van der Waals surface area contributed by atoms with Gasteiger partial charge in [0.05, 0.1) is 12.5 Å². The largest absolute Gasteiger partial charge is 0.403 e. The summed E-state index contributed by atoms with van der Waals surface area (Å²) in [5.41, 5.74) is 2.66. The van der Waals surface area contributed by atoms with E-state index in [1.807, 2.05) is 0 Å². The van der Waals surface area contributed by atoms with Crippen molar-refractivity contribution < 1.29 is 27.6 Å². The van der Waals surface area contributed by atoms with E-state index in [9.17, 15) is 27.6 Å². The third-order valence-electron chi connectivity index (χ3n) is 4.44. The monoisotopic (exact) mass is 345 g/mol. The van der Waals surface area contributed by atoms with Crippen LogP contribution in [0.15, 0.2) is 0 Å². The molecule has 1 heterocycles. The number of rotatable bonds is 5. The zero-order chi connectivity index (χ0) is 18.1. The van der Waals surface area contributed by atoms with Crippen molar-refractivity contribution in [3.63, 3.8) is 0 Å². The predicted octanol–water partition coefficient (Wildman–Crippen LogP) is 0.313. The molecule has 3 N–H and O–H groups in total. The standard InChI is InChI=1S/C15H18F3N3O3/c1-2-9(8-11(19)22)20-12(23)10-4-3-7-21(10)13(24)14(5-6-14)15(16,17)18/h1,9-10H,3-8H2,(H2,19,22)(H,20,23)/t9-,10+/m1/s1. The van der Waals surface area contributed by atoms with E-state index < -0.39 is 41.4 Å². The number of primary amides is 1. The molecular formula is C15H18F3N3O3. The third kappa shape index (κ3) is 3.32. The molecule has 0 aromatic heterocycles. The minimum absolute atomic E-state index is 0.0886. The Morgan fingerprint density at radius 2 is 2.00 bits per heavy atom. The molecule has 0 unspecified atom stereocenters. The highest BCUT2D eigenvalue weighted by molar-refractivity contribution is 5.93. The molecular weight excluding hydrogens is 327 g/mol. The number of likely N-dealkylation sites (tertiary alicyclic amines) is 1.